The Kier molecular flexibility index (Phi) is 9.82. The zero-order valence-electron chi connectivity index (χ0n) is 21.0. The van der Waals surface area contributed by atoms with E-state index >= 15 is 0 Å². The van der Waals surface area contributed by atoms with E-state index in [0.29, 0.717) is 30.5 Å². The molecule has 0 unspecified atom stereocenters. The first kappa shape index (κ1) is 29.5. The van der Waals surface area contributed by atoms with E-state index in [2.05, 4.69) is 15.6 Å². The second kappa shape index (κ2) is 12.7. The Labute approximate surface area is 218 Å². The summed E-state index contributed by atoms with van der Waals surface area (Å²) in [5, 5.41) is 5.29. The molecule has 2 heterocycles. The molecule has 2 aromatic rings. The normalized spacial score (nSPS) is 17.3. The van der Waals surface area contributed by atoms with Crippen LogP contribution in [0.2, 0.25) is 0 Å². The maximum absolute atomic E-state index is 14.2. The lowest BCUT2D eigenvalue weighted by Gasteiger charge is -2.34. The summed E-state index contributed by atoms with van der Waals surface area (Å²) >= 11 is 0. The summed E-state index contributed by atoms with van der Waals surface area (Å²) < 4.78 is 81.8. The number of piperidine rings is 1. The highest BCUT2D eigenvalue weighted by molar-refractivity contribution is 7.88. The first-order valence-electron chi connectivity index (χ1n) is 12.2. The van der Waals surface area contributed by atoms with Gasteiger partial charge in [0, 0.05) is 37.0 Å². The standard InChI is InChI=1S/C25H30F4N4O4S/c1-15(2)9-21(24(34)31-13-16-6-7-23(29)30-12-16)32-25(35)22-5-3-4-8-33(22)38(36,37)14-18-19(27)10-17(26)11-20(18)28/h6-7,10-12,15,21-22H,3-5,8-9,13-14H2,1-2H3,(H,31,34)(H,32,35)/t21-,22-/m0/s1. The van der Waals surface area contributed by atoms with Gasteiger partial charge in [0.25, 0.3) is 0 Å². The Morgan fingerprint density at radius 3 is 2.39 bits per heavy atom. The molecular weight excluding hydrogens is 528 g/mol. The lowest BCUT2D eigenvalue weighted by atomic mass is 10.0. The average Bonchev–Trinajstić information content (AvgIpc) is 2.85. The van der Waals surface area contributed by atoms with E-state index in [1.165, 1.54) is 12.3 Å². The Balaban J connectivity index is 1.74. The summed E-state index contributed by atoms with van der Waals surface area (Å²) in [5.41, 5.74) is -0.275. The second-order valence-electron chi connectivity index (χ2n) is 9.62. The Bertz CT molecular complexity index is 1240. The zero-order chi connectivity index (χ0) is 28.0. The molecule has 0 radical (unpaired) electrons. The number of sulfonamides is 1. The number of carbonyl (C=O) groups is 2. The Hall–Kier alpha value is -3.06. The van der Waals surface area contributed by atoms with Crippen LogP contribution in [0.1, 0.15) is 50.7 Å². The van der Waals surface area contributed by atoms with E-state index in [1.807, 2.05) is 13.8 Å². The van der Waals surface area contributed by atoms with Gasteiger partial charge in [-0.25, -0.2) is 26.6 Å². The van der Waals surface area contributed by atoms with Gasteiger partial charge in [0.15, 0.2) is 0 Å². The molecule has 13 heteroatoms. The number of hydrogen-bond acceptors (Lipinski definition) is 5. The van der Waals surface area contributed by atoms with Gasteiger partial charge in [-0.2, -0.15) is 8.70 Å². The highest BCUT2D eigenvalue weighted by Crippen LogP contribution is 2.26. The topological polar surface area (TPSA) is 108 Å². The third kappa shape index (κ3) is 7.73. The van der Waals surface area contributed by atoms with E-state index in [0.717, 1.165) is 10.4 Å². The van der Waals surface area contributed by atoms with Crippen molar-refractivity contribution in [3.8, 4) is 0 Å². The molecule has 0 aliphatic carbocycles. The summed E-state index contributed by atoms with van der Waals surface area (Å²) in [6, 6.07) is 1.21. The number of rotatable bonds is 10. The van der Waals surface area contributed by atoms with E-state index < -0.39 is 68.6 Å². The summed E-state index contributed by atoms with van der Waals surface area (Å²) in [6.45, 7) is 3.68. The minimum Gasteiger partial charge on any atom is -0.350 e. The molecule has 1 aliphatic rings. The second-order valence-corrected chi connectivity index (χ2v) is 11.5. The maximum atomic E-state index is 14.2. The quantitative estimate of drug-likeness (QED) is 0.344. The summed E-state index contributed by atoms with van der Waals surface area (Å²) in [5.74, 6) is -6.84. The number of nitrogens with one attached hydrogen (secondary N) is 2. The van der Waals surface area contributed by atoms with Crippen LogP contribution < -0.4 is 10.6 Å². The highest BCUT2D eigenvalue weighted by Gasteiger charge is 2.39. The van der Waals surface area contributed by atoms with Crippen LogP contribution in [-0.4, -0.2) is 48.1 Å². The minimum absolute atomic E-state index is 0.00541. The van der Waals surface area contributed by atoms with Gasteiger partial charge in [0.1, 0.15) is 29.5 Å². The van der Waals surface area contributed by atoms with Gasteiger partial charge in [-0.3, -0.25) is 9.59 Å². The van der Waals surface area contributed by atoms with Crippen molar-refractivity contribution in [2.75, 3.05) is 6.54 Å². The molecule has 1 aliphatic heterocycles. The number of nitrogens with zero attached hydrogens (tertiary/aromatic N) is 2. The van der Waals surface area contributed by atoms with Crippen molar-refractivity contribution in [3.63, 3.8) is 0 Å². The molecule has 0 saturated carbocycles. The van der Waals surface area contributed by atoms with Crippen LogP contribution in [0.5, 0.6) is 0 Å². The lowest BCUT2D eigenvalue weighted by molar-refractivity contribution is -0.132. The molecule has 8 nitrogen and oxygen atoms in total. The molecule has 0 bridgehead atoms. The van der Waals surface area contributed by atoms with Crippen LogP contribution in [0.4, 0.5) is 17.6 Å². The van der Waals surface area contributed by atoms with Crippen LogP contribution in [0.3, 0.4) is 0 Å². The van der Waals surface area contributed by atoms with Crippen LogP contribution in [-0.2, 0) is 31.9 Å². The van der Waals surface area contributed by atoms with Crippen molar-refractivity contribution in [1.82, 2.24) is 19.9 Å². The van der Waals surface area contributed by atoms with Gasteiger partial charge in [-0.1, -0.05) is 26.3 Å². The smallest absolute Gasteiger partial charge is 0.242 e. The first-order chi connectivity index (χ1) is 17.9. The van der Waals surface area contributed by atoms with Crippen LogP contribution in [0.25, 0.3) is 0 Å². The predicted molar refractivity (Wildman–Crippen MR) is 131 cm³/mol. The van der Waals surface area contributed by atoms with Crippen molar-refractivity contribution in [1.29, 1.82) is 0 Å². The third-order valence-electron chi connectivity index (χ3n) is 6.14. The van der Waals surface area contributed by atoms with Crippen molar-refractivity contribution in [2.24, 2.45) is 5.92 Å². The monoisotopic (exact) mass is 558 g/mol. The molecule has 1 aromatic heterocycles. The van der Waals surface area contributed by atoms with Crippen LogP contribution in [0.15, 0.2) is 30.5 Å². The molecule has 2 atom stereocenters. The number of pyridine rings is 1. The van der Waals surface area contributed by atoms with E-state index in [-0.39, 0.29) is 31.8 Å². The van der Waals surface area contributed by atoms with Crippen LogP contribution >= 0.6 is 0 Å². The Morgan fingerprint density at radius 1 is 1.11 bits per heavy atom. The fourth-order valence-corrected chi connectivity index (χ4v) is 6.07. The molecule has 3 rings (SSSR count). The lowest BCUT2D eigenvalue weighted by Crippen LogP contribution is -2.56. The van der Waals surface area contributed by atoms with Crippen molar-refractivity contribution in [3.05, 3.63) is 65.0 Å². The van der Waals surface area contributed by atoms with E-state index in [9.17, 15) is 35.6 Å². The maximum Gasteiger partial charge on any atom is 0.242 e. The molecule has 2 amide bonds. The molecule has 0 spiro atoms. The van der Waals surface area contributed by atoms with Gasteiger partial charge in [0.05, 0.1) is 5.75 Å². The zero-order valence-corrected chi connectivity index (χ0v) is 21.8. The number of halogens is 4. The average molecular weight is 559 g/mol. The number of amides is 2. The molecule has 2 N–H and O–H groups in total. The van der Waals surface area contributed by atoms with Crippen molar-refractivity contribution in [2.45, 2.75) is 63.9 Å². The van der Waals surface area contributed by atoms with E-state index in [4.69, 9.17) is 0 Å². The number of benzene rings is 1. The molecule has 1 saturated heterocycles. The largest absolute Gasteiger partial charge is 0.350 e. The summed E-state index contributed by atoms with van der Waals surface area (Å²) in [6.07, 6.45) is 2.63. The SMILES string of the molecule is CC(C)C[C@H](NC(=O)[C@@H]1CCCCN1S(=O)(=O)Cc1c(F)cc(F)cc1F)C(=O)NCc1ccc(F)nc1. The molecule has 208 valence electrons. The van der Waals surface area contributed by atoms with Crippen molar-refractivity contribution >= 4 is 21.8 Å². The van der Waals surface area contributed by atoms with E-state index in [1.54, 1.807) is 0 Å². The molecule has 38 heavy (non-hydrogen) atoms. The van der Waals surface area contributed by atoms with Crippen LogP contribution in [0, 0.1) is 29.3 Å². The molecule has 1 fully saturated rings. The number of carbonyl (C=O) groups excluding carboxylic acids is 2. The number of hydrogen-bond donors (Lipinski definition) is 2. The molecule has 1 aromatic carbocycles. The fraction of sp³-hybridized carbons (Fsp3) is 0.480. The minimum atomic E-state index is -4.39. The first-order valence-corrected chi connectivity index (χ1v) is 13.8. The summed E-state index contributed by atoms with van der Waals surface area (Å²) in [7, 11) is -4.39. The predicted octanol–water partition coefficient (Wildman–Crippen LogP) is 3.17. The van der Waals surface area contributed by atoms with Gasteiger partial charge >= 0.3 is 0 Å². The van der Waals surface area contributed by atoms with Gasteiger partial charge < -0.3 is 10.6 Å². The summed E-state index contributed by atoms with van der Waals surface area (Å²) in [4.78, 5) is 29.7. The van der Waals surface area contributed by atoms with Gasteiger partial charge in [-0.05, 0) is 36.8 Å². The molecular formula is C25H30F4N4O4S. The fourth-order valence-electron chi connectivity index (χ4n) is 4.27. The van der Waals surface area contributed by atoms with Gasteiger partial charge in [0.2, 0.25) is 27.8 Å². The highest BCUT2D eigenvalue weighted by atomic mass is 32.2. The number of aromatic nitrogens is 1. The third-order valence-corrected chi connectivity index (χ3v) is 7.95. The van der Waals surface area contributed by atoms with Crippen molar-refractivity contribution < 1.29 is 35.6 Å². The van der Waals surface area contributed by atoms with Gasteiger partial charge in [-0.15, -0.1) is 0 Å². The Morgan fingerprint density at radius 2 is 1.79 bits per heavy atom.